The lowest BCUT2D eigenvalue weighted by molar-refractivity contribution is -0.113. The summed E-state index contributed by atoms with van der Waals surface area (Å²) in [7, 11) is 3.16. The van der Waals surface area contributed by atoms with Crippen LogP contribution in [0.5, 0.6) is 11.5 Å². The van der Waals surface area contributed by atoms with Crippen molar-refractivity contribution in [1.82, 2.24) is 19.8 Å². The van der Waals surface area contributed by atoms with Crippen LogP contribution in [0.25, 0.3) is 16.9 Å². The molecule has 0 saturated heterocycles. The lowest BCUT2D eigenvalue weighted by atomic mass is 10.1. The van der Waals surface area contributed by atoms with Gasteiger partial charge in [-0.05, 0) is 61.5 Å². The molecule has 1 amide bonds. The summed E-state index contributed by atoms with van der Waals surface area (Å²) < 4.78 is 12.3. The van der Waals surface area contributed by atoms with E-state index in [1.165, 1.54) is 18.7 Å². The Morgan fingerprint density at radius 3 is 2.42 bits per heavy atom. The van der Waals surface area contributed by atoms with Crippen molar-refractivity contribution in [3.8, 4) is 22.8 Å². The Hall–Kier alpha value is -3.92. The zero-order valence-electron chi connectivity index (χ0n) is 18.2. The van der Waals surface area contributed by atoms with Gasteiger partial charge in [0.15, 0.2) is 22.9 Å². The van der Waals surface area contributed by atoms with Crippen LogP contribution in [0.2, 0.25) is 0 Å². The number of fused-ring (bicyclic) bond motifs is 1. The predicted octanol–water partition coefficient (Wildman–Crippen LogP) is 3.74. The van der Waals surface area contributed by atoms with Gasteiger partial charge < -0.3 is 14.8 Å². The largest absolute Gasteiger partial charge is 0.493 e. The highest BCUT2D eigenvalue weighted by atomic mass is 32.2. The second-order valence-electron chi connectivity index (χ2n) is 7.01. The monoisotopic (exact) mass is 463 g/mol. The number of ketones is 1. The fraction of sp³-hybridized carbons (Fsp3) is 0.174. The number of nitrogens with zero attached hydrogens (tertiary/aromatic N) is 4. The molecule has 0 radical (unpaired) electrons. The Labute approximate surface area is 194 Å². The van der Waals surface area contributed by atoms with Gasteiger partial charge in [0.2, 0.25) is 11.1 Å². The molecule has 2 aromatic heterocycles. The Balaban J connectivity index is 1.48. The van der Waals surface area contributed by atoms with Gasteiger partial charge in [0.05, 0.1) is 25.7 Å². The van der Waals surface area contributed by atoms with E-state index in [9.17, 15) is 9.59 Å². The highest BCUT2D eigenvalue weighted by Crippen LogP contribution is 2.31. The van der Waals surface area contributed by atoms with Crippen molar-refractivity contribution in [1.29, 1.82) is 0 Å². The number of rotatable bonds is 8. The van der Waals surface area contributed by atoms with Gasteiger partial charge in [-0.25, -0.2) is 0 Å². The summed E-state index contributed by atoms with van der Waals surface area (Å²) in [6.45, 7) is 1.50. The summed E-state index contributed by atoms with van der Waals surface area (Å²) in [6, 6.07) is 15.9. The molecule has 4 rings (SSSR count). The number of anilines is 1. The Morgan fingerprint density at radius 2 is 1.73 bits per heavy atom. The van der Waals surface area contributed by atoms with Crippen LogP contribution < -0.4 is 14.8 Å². The van der Waals surface area contributed by atoms with Crippen molar-refractivity contribution < 1.29 is 19.1 Å². The van der Waals surface area contributed by atoms with Crippen LogP contribution in [0.3, 0.4) is 0 Å². The van der Waals surface area contributed by atoms with Crippen LogP contribution in [0.4, 0.5) is 5.69 Å². The first-order valence-corrected chi connectivity index (χ1v) is 11.0. The van der Waals surface area contributed by atoms with Crippen molar-refractivity contribution in [2.75, 3.05) is 25.3 Å². The maximum atomic E-state index is 12.4. The number of nitrogens with one attached hydrogen (secondary N) is 1. The fourth-order valence-electron chi connectivity index (χ4n) is 3.12. The third-order valence-corrected chi connectivity index (χ3v) is 5.74. The molecule has 9 nitrogen and oxygen atoms in total. The first kappa shape index (κ1) is 22.3. The summed E-state index contributed by atoms with van der Waals surface area (Å²) in [5.74, 6) is 1.12. The summed E-state index contributed by atoms with van der Waals surface area (Å²) >= 11 is 1.23. The van der Waals surface area contributed by atoms with Crippen LogP contribution in [0, 0.1) is 0 Å². The number of aromatic nitrogens is 4. The molecule has 0 saturated carbocycles. The van der Waals surface area contributed by atoms with Crippen LogP contribution in [-0.4, -0.2) is 51.5 Å². The van der Waals surface area contributed by atoms with Gasteiger partial charge in [0.25, 0.3) is 0 Å². The first-order chi connectivity index (χ1) is 16.0. The molecule has 33 heavy (non-hydrogen) atoms. The first-order valence-electron chi connectivity index (χ1n) is 9.97. The smallest absolute Gasteiger partial charge is 0.234 e. The minimum absolute atomic E-state index is 0.0259. The summed E-state index contributed by atoms with van der Waals surface area (Å²) in [6.07, 6.45) is 0. The number of carbonyl (C=O) groups is 2. The highest BCUT2D eigenvalue weighted by molar-refractivity contribution is 7.99. The standard InChI is InChI=1S/C23H21N5O4S/c1-14(29)15-4-7-17(8-5-15)24-22(30)13-33-23-26-25-21-11-9-18(27-28(21)23)16-6-10-19(31-2)20(12-16)32-3/h4-12H,13H2,1-3H3,(H,24,30). The summed E-state index contributed by atoms with van der Waals surface area (Å²) in [5, 5.41) is 16.2. The van der Waals surface area contributed by atoms with Gasteiger partial charge in [-0.3, -0.25) is 9.59 Å². The molecule has 1 N–H and O–H groups in total. The van der Waals surface area contributed by atoms with E-state index in [4.69, 9.17) is 9.47 Å². The molecule has 0 aliphatic carbocycles. The van der Waals surface area contributed by atoms with E-state index in [0.717, 1.165) is 5.56 Å². The fourth-order valence-corrected chi connectivity index (χ4v) is 3.81. The molecule has 168 valence electrons. The molecule has 2 heterocycles. The Morgan fingerprint density at radius 1 is 0.970 bits per heavy atom. The maximum absolute atomic E-state index is 12.4. The molecule has 2 aromatic carbocycles. The highest BCUT2D eigenvalue weighted by Gasteiger charge is 2.13. The van der Waals surface area contributed by atoms with Gasteiger partial charge in [-0.1, -0.05) is 11.8 Å². The van der Waals surface area contributed by atoms with Crippen molar-refractivity contribution in [3.63, 3.8) is 0 Å². The molecule has 10 heteroatoms. The average molecular weight is 464 g/mol. The number of ether oxygens (including phenoxy) is 2. The summed E-state index contributed by atoms with van der Waals surface area (Å²) in [5.41, 5.74) is 3.31. The van der Waals surface area contributed by atoms with Crippen LogP contribution in [0.1, 0.15) is 17.3 Å². The predicted molar refractivity (Wildman–Crippen MR) is 125 cm³/mol. The van der Waals surface area contributed by atoms with Gasteiger partial charge >= 0.3 is 0 Å². The minimum Gasteiger partial charge on any atom is -0.493 e. The number of hydrogen-bond donors (Lipinski definition) is 1. The molecule has 0 spiro atoms. The average Bonchev–Trinajstić information content (AvgIpc) is 3.24. The molecule has 4 aromatic rings. The molecular formula is C23H21N5O4S. The van der Waals surface area contributed by atoms with Crippen LogP contribution >= 0.6 is 11.8 Å². The van der Waals surface area contributed by atoms with Crippen molar-refractivity contribution in [2.24, 2.45) is 0 Å². The normalized spacial score (nSPS) is 10.8. The van der Waals surface area contributed by atoms with Crippen LogP contribution in [-0.2, 0) is 4.79 Å². The third kappa shape index (κ3) is 4.96. The maximum Gasteiger partial charge on any atom is 0.234 e. The van der Waals surface area contributed by atoms with E-state index >= 15 is 0 Å². The summed E-state index contributed by atoms with van der Waals surface area (Å²) in [4.78, 5) is 23.8. The number of thioether (sulfide) groups is 1. The number of Topliss-reactive ketones (excluding diaryl/α,β-unsaturated/α-hetero) is 1. The van der Waals surface area contributed by atoms with E-state index in [1.807, 2.05) is 30.3 Å². The van der Waals surface area contributed by atoms with E-state index in [-0.39, 0.29) is 17.4 Å². The number of benzene rings is 2. The van der Waals surface area contributed by atoms with E-state index < -0.39 is 0 Å². The van der Waals surface area contributed by atoms with Crippen LogP contribution in [0.15, 0.2) is 59.8 Å². The molecule has 0 atom stereocenters. The quantitative estimate of drug-likeness (QED) is 0.311. The second kappa shape index (κ2) is 9.70. The zero-order chi connectivity index (χ0) is 23.4. The van der Waals surface area contributed by atoms with Crippen molar-refractivity contribution in [3.05, 3.63) is 60.2 Å². The lowest BCUT2D eigenvalue weighted by Crippen LogP contribution is -2.14. The van der Waals surface area contributed by atoms with E-state index in [2.05, 4.69) is 20.6 Å². The van der Waals surface area contributed by atoms with Gasteiger partial charge in [-0.15, -0.1) is 10.2 Å². The molecule has 0 bridgehead atoms. The number of hydrogen-bond acceptors (Lipinski definition) is 8. The molecule has 0 fully saturated rings. The molecule has 0 unspecified atom stereocenters. The number of carbonyl (C=O) groups excluding carboxylic acids is 2. The third-order valence-electron chi connectivity index (χ3n) is 4.82. The zero-order valence-corrected chi connectivity index (χ0v) is 19.0. The molecular weight excluding hydrogens is 442 g/mol. The SMILES string of the molecule is COc1ccc(-c2ccc3nnc(SCC(=O)Nc4ccc(C(C)=O)cc4)n3n2)cc1OC. The van der Waals surface area contributed by atoms with E-state index in [0.29, 0.717) is 39.2 Å². The van der Waals surface area contributed by atoms with Gasteiger partial charge in [0.1, 0.15) is 0 Å². The second-order valence-corrected chi connectivity index (χ2v) is 7.95. The van der Waals surface area contributed by atoms with Gasteiger partial charge in [-0.2, -0.15) is 9.61 Å². The molecule has 0 aliphatic rings. The number of methoxy groups -OCH3 is 2. The van der Waals surface area contributed by atoms with E-state index in [1.54, 1.807) is 43.0 Å². The lowest BCUT2D eigenvalue weighted by Gasteiger charge is -2.09. The van der Waals surface area contributed by atoms with Gasteiger partial charge in [0, 0.05) is 16.8 Å². The molecule has 0 aliphatic heterocycles. The minimum atomic E-state index is -0.205. The Bertz CT molecular complexity index is 1320. The Kier molecular flexibility index (Phi) is 6.55. The van der Waals surface area contributed by atoms with Crippen molar-refractivity contribution >= 4 is 34.8 Å². The number of amides is 1. The van der Waals surface area contributed by atoms with Crippen molar-refractivity contribution in [2.45, 2.75) is 12.1 Å². The topological polar surface area (TPSA) is 108 Å².